The Labute approximate surface area is 206 Å². The molecule has 1 N–H and O–H groups in total. The van der Waals surface area contributed by atoms with Crippen LogP contribution in [-0.2, 0) is 9.59 Å². The summed E-state index contributed by atoms with van der Waals surface area (Å²) < 4.78 is 21.3. The first-order valence-electron chi connectivity index (χ1n) is 10.4. The predicted octanol–water partition coefficient (Wildman–Crippen LogP) is 2.82. The molecule has 11 heteroatoms. The van der Waals surface area contributed by atoms with Crippen molar-refractivity contribution in [2.45, 2.75) is 0 Å². The number of thioether (sulfide) groups is 1. The Kier molecular flexibility index (Phi) is 8.58. The van der Waals surface area contributed by atoms with Gasteiger partial charge in [-0.25, -0.2) is 0 Å². The van der Waals surface area contributed by atoms with Gasteiger partial charge in [-0.2, -0.15) is 5.26 Å². The zero-order valence-electron chi connectivity index (χ0n) is 19.3. The SMILES string of the molecule is COc1cc(C=C2SC(=O)N(CCNC(=O)COc3ccccc3C#N)C2=O)cc(OC)c1OC. The molecule has 0 spiro atoms. The van der Waals surface area contributed by atoms with Crippen LogP contribution < -0.4 is 24.3 Å². The molecule has 0 aromatic heterocycles. The van der Waals surface area contributed by atoms with Crippen molar-refractivity contribution in [2.24, 2.45) is 0 Å². The van der Waals surface area contributed by atoms with Crippen molar-refractivity contribution in [2.75, 3.05) is 41.0 Å². The van der Waals surface area contributed by atoms with Crippen LogP contribution >= 0.6 is 11.8 Å². The average molecular weight is 498 g/mol. The van der Waals surface area contributed by atoms with E-state index in [4.69, 9.17) is 24.2 Å². The van der Waals surface area contributed by atoms with Crippen molar-refractivity contribution in [1.29, 1.82) is 5.26 Å². The highest BCUT2D eigenvalue weighted by Crippen LogP contribution is 2.40. The Morgan fingerprint density at radius 1 is 1.09 bits per heavy atom. The second-order valence-electron chi connectivity index (χ2n) is 7.04. The lowest BCUT2D eigenvalue weighted by Crippen LogP contribution is -2.38. The Bertz CT molecular complexity index is 1180. The number of para-hydroxylation sites is 1. The fourth-order valence-corrected chi connectivity index (χ4v) is 4.08. The minimum absolute atomic E-state index is 0.00220. The standard InChI is InChI=1S/C24H23N3O7S/c1-31-18-10-15(11-19(32-2)22(18)33-3)12-20-23(29)27(24(30)35-20)9-8-26-21(28)14-34-17-7-5-4-6-16(17)13-25/h4-7,10-12H,8-9,14H2,1-3H3,(H,26,28). The van der Waals surface area contributed by atoms with Gasteiger partial charge in [-0.1, -0.05) is 12.1 Å². The molecule has 10 nitrogen and oxygen atoms in total. The maximum atomic E-state index is 12.8. The summed E-state index contributed by atoms with van der Waals surface area (Å²) in [6.07, 6.45) is 1.56. The van der Waals surface area contributed by atoms with E-state index in [2.05, 4.69) is 5.32 Å². The summed E-state index contributed by atoms with van der Waals surface area (Å²) in [6, 6.07) is 11.9. The van der Waals surface area contributed by atoms with Gasteiger partial charge in [0.15, 0.2) is 18.1 Å². The zero-order valence-corrected chi connectivity index (χ0v) is 20.1. The number of nitrogens with zero attached hydrogens (tertiary/aromatic N) is 2. The number of hydrogen-bond donors (Lipinski definition) is 1. The molecule has 0 radical (unpaired) electrons. The van der Waals surface area contributed by atoms with Crippen LogP contribution in [0, 0.1) is 11.3 Å². The van der Waals surface area contributed by atoms with E-state index in [-0.39, 0.29) is 24.6 Å². The molecular formula is C24H23N3O7S. The van der Waals surface area contributed by atoms with Gasteiger partial charge < -0.3 is 24.3 Å². The maximum absolute atomic E-state index is 12.8. The summed E-state index contributed by atoms with van der Waals surface area (Å²) >= 11 is 0.802. The van der Waals surface area contributed by atoms with Crippen molar-refractivity contribution in [3.8, 4) is 29.1 Å². The maximum Gasteiger partial charge on any atom is 0.293 e. The van der Waals surface area contributed by atoms with Crippen LogP contribution in [0.5, 0.6) is 23.0 Å². The van der Waals surface area contributed by atoms with Gasteiger partial charge in [0, 0.05) is 13.1 Å². The molecule has 0 saturated carbocycles. The Balaban J connectivity index is 1.59. The van der Waals surface area contributed by atoms with E-state index in [1.165, 1.54) is 21.3 Å². The number of benzene rings is 2. The number of methoxy groups -OCH3 is 3. The van der Waals surface area contributed by atoms with Crippen LogP contribution in [0.4, 0.5) is 4.79 Å². The highest BCUT2D eigenvalue weighted by atomic mass is 32.2. The van der Waals surface area contributed by atoms with Gasteiger partial charge in [-0.05, 0) is 47.7 Å². The molecular weight excluding hydrogens is 474 g/mol. The molecule has 3 rings (SSSR count). The summed E-state index contributed by atoms with van der Waals surface area (Å²) in [5, 5.41) is 11.2. The molecule has 1 aliphatic rings. The molecule has 0 unspecified atom stereocenters. The lowest BCUT2D eigenvalue weighted by molar-refractivity contribution is -0.125. The van der Waals surface area contributed by atoms with E-state index in [0.29, 0.717) is 34.1 Å². The van der Waals surface area contributed by atoms with E-state index in [1.807, 2.05) is 6.07 Å². The molecule has 2 aromatic carbocycles. The normalized spacial score (nSPS) is 14.0. The zero-order chi connectivity index (χ0) is 25.4. The molecule has 0 atom stereocenters. The van der Waals surface area contributed by atoms with Crippen molar-refractivity contribution < 1.29 is 33.3 Å². The van der Waals surface area contributed by atoms with Gasteiger partial charge in [0.05, 0.1) is 31.8 Å². The monoisotopic (exact) mass is 497 g/mol. The summed E-state index contributed by atoms with van der Waals surface area (Å²) in [5.74, 6) is 0.628. The summed E-state index contributed by atoms with van der Waals surface area (Å²) in [5.41, 5.74) is 0.908. The quantitative estimate of drug-likeness (QED) is 0.493. The Morgan fingerprint density at radius 3 is 2.40 bits per heavy atom. The van der Waals surface area contributed by atoms with E-state index in [0.717, 1.165) is 16.7 Å². The number of hydrogen-bond acceptors (Lipinski definition) is 9. The third-order valence-electron chi connectivity index (χ3n) is 4.88. The van der Waals surface area contributed by atoms with Crippen LogP contribution in [0.1, 0.15) is 11.1 Å². The van der Waals surface area contributed by atoms with E-state index in [9.17, 15) is 14.4 Å². The van der Waals surface area contributed by atoms with Gasteiger partial charge in [-0.15, -0.1) is 0 Å². The summed E-state index contributed by atoms with van der Waals surface area (Å²) in [6.45, 7) is -0.253. The van der Waals surface area contributed by atoms with E-state index < -0.39 is 17.1 Å². The Hall–Kier alpha value is -4.17. The smallest absolute Gasteiger partial charge is 0.293 e. The van der Waals surface area contributed by atoms with Gasteiger partial charge in [0.1, 0.15) is 11.8 Å². The van der Waals surface area contributed by atoms with Crippen molar-refractivity contribution in [3.63, 3.8) is 0 Å². The molecule has 1 heterocycles. The van der Waals surface area contributed by atoms with Gasteiger partial charge >= 0.3 is 0 Å². The molecule has 35 heavy (non-hydrogen) atoms. The number of carbonyl (C=O) groups excluding carboxylic acids is 3. The number of rotatable bonds is 10. The molecule has 1 saturated heterocycles. The Morgan fingerprint density at radius 2 is 1.77 bits per heavy atom. The lowest BCUT2D eigenvalue weighted by Gasteiger charge is -2.14. The minimum Gasteiger partial charge on any atom is -0.493 e. The second kappa shape index (κ2) is 11.8. The van der Waals surface area contributed by atoms with Crippen molar-refractivity contribution in [3.05, 3.63) is 52.4 Å². The number of nitrogens with one attached hydrogen (secondary N) is 1. The molecule has 0 aliphatic carbocycles. The molecule has 1 fully saturated rings. The van der Waals surface area contributed by atoms with Crippen LogP contribution in [0.25, 0.3) is 6.08 Å². The fraction of sp³-hybridized carbons (Fsp3) is 0.250. The van der Waals surface area contributed by atoms with Crippen LogP contribution in [0.2, 0.25) is 0 Å². The van der Waals surface area contributed by atoms with Crippen molar-refractivity contribution in [1.82, 2.24) is 10.2 Å². The lowest BCUT2D eigenvalue weighted by atomic mass is 10.1. The van der Waals surface area contributed by atoms with Gasteiger partial charge in [0.2, 0.25) is 5.75 Å². The van der Waals surface area contributed by atoms with Gasteiger partial charge in [0.25, 0.3) is 17.1 Å². The molecule has 182 valence electrons. The van der Waals surface area contributed by atoms with E-state index >= 15 is 0 Å². The number of carbonyl (C=O) groups is 3. The summed E-state index contributed by atoms with van der Waals surface area (Å²) in [4.78, 5) is 38.5. The van der Waals surface area contributed by atoms with Crippen molar-refractivity contribution >= 4 is 34.9 Å². The summed E-state index contributed by atoms with van der Waals surface area (Å²) in [7, 11) is 4.45. The van der Waals surface area contributed by atoms with Crippen LogP contribution in [0.15, 0.2) is 41.3 Å². The third kappa shape index (κ3) is 6.04. The molecule has 1 aliphatic heterocycles. The molecule has 2 aromatic rings. The number of nitriles is 1. The predicted molar refractivity (Wildman–Crippen MR) is 128 cm³/mol. The number of amides is 3. The first-order chi connectivity index (χ1) is 16.9. The average Bonchev–Trinajstić information content (AvgIpc) is 3.14. The van der Waals surface area contributed by atoms with Crippen LogP contribution in [0.3, 0.4) is 0 Å². The minimum atomic E-state index is -0.470. The third-order valence-corrected chi connectivity index (χ3v) is 5.79. The topological polar surface area (TPSA) is 127 Å². The number of ether oxygens (including phenoxy) is 4. The first-order valence-corrected chi connectivity index (χ1v) is 11.2. The molecule has 0 bridgehead atoms. The number of imide groups is 1. The van der Waals surface area contributed by atoms with Crippen LogP contribution in [-0.4, -0.2) is 63.0 Å². The van der Waals surface area contributed by atoms with Gasteiger partial charge in [-0.3, -0.25) is 19.3 Å². The largest absolute Gasteiger partial charge is 0.493 e. The van der Waals surface area contributed by atoms with E-state index in [1.54, 1.807) is 42.5 Å². The highest BCUT2D eigenvalue weighted by molar-refractivity contribution is 8.18. The second-order valence-corrected chi connectivity index (χ2v) is 8.03. The molecule has 3 amide bonds. The highest BCUT2D eigenvalue weighted by Gasteiger charge is 2.34. The first kappa shape index (κ1) is 25.5. The fourth-order valence-electron chi connectivity index (χ4n) is 3.22.